The summed E-state index contributed by atoms with van der Waals surface area (Å²) in [6, 6.07) is 13.6. The topological polar surface area (TPSA) is 48.8 Å². The molecule has 0 spiro atoms. The van der Waals surface area contributed by atoms with Gasteiger partial charge >= 0.3 is 5.16 Å². The van der Waals surface area contributed by atoms with E-state index < -0.39 is 0 Å². The van der Waals surface area contributed by atoms with Crippen molar-refractivity contribution < 1.29 is 9.36 Å². The van der Waals surface area contributed by atoms with Crippen molar-refractivity contribution >= 4 is 46.0 Å². The first-order chi connectivity index (χ1) is 11.1. The average Bonchev–Trinajstić information content (AvgIpc) is 2.87. The summed E-state index contributed by atoms with van der Waals surface area (Å²) in [6.45, 7) is 1.89. The zero-order valence-electron chi connectivity index (χ0n) is 12.9. The van der Waals surface area contributed by atoms with Crippen LogP contribution in [0.15, 0.2) is 47.6 Å². The monoisotopic (exact) mass is 346 g/mol. The summed E-state index contributed by atoms with van der Waals surface area (Å²) >= 11 is 7.54. The van der Waals surface area contributed by atoms with Gasteiger partial charge in [0, 0.05) is 10.7 Å². The fourth-order valence-electron chi connectivity index (χ4n) is 2.38. The van der Waals surface area contributed by atoms with E-state index >= 15 is 0 Å². The Morgan fingerprint density at radius 2 is 2.04 bits per heavy atom. The minimum atomic E-state index is -0.0565. The SMILES string of the molecule is Cc1c(Cl)cccc1NC(=O)CSc1[nH]c2ccccc2[n+]1C. The molecular formula is C17H17ClN3OS+. The largest absolute Gasteiger partial charge is 0.325 e. The lowest BCUT2D eigenvalue weighted by Gasteiger charge is -2.08. The average molecular weight is 347 g/mol. The molecule has 23 heavy (non-hydrogen) atoms. The van der Waals surface area contributed by atoms with E-state index in [9.17, 15) is 4.79 Å². The number of nitrogens with one attached hydrogen (secondary N) is 2. The summed E-state index contributed by atoms with van der Waals surface area (Å²) < 4.78 is 2.05. The Hall–Kier alpha value is -1.98. The summed E-state index contributed by atoms with van der Waals surface area (Å²) in [7, 11) is 1.99. The van der Waals surface area contributed by atoms with Gasteiger partial charge in [-0.1, -0.05) is 29.8 Å². The fourth-order valence-corrected chi connectivity index (χ4v) is 3.36. The van der Waals surface area contributed by atoms with Crippen LogP contribution in [0.1, 0.15) is 5.56 Å². The van der Waals surface area contributed by atoms with E-state index in [1.54, 1.807) is 0 Å². The normalized spacial score (nSPS) is 10.9. The van der Waals surface area contributed by atoms with Crippen LogP contribution < -0.4 is 9.88 Å². The number of imidazole rings is 1. The number of halogens is 1. The molecule has 3 rings (SSSR count). The van der Waals surface area contributed by atoms with Crippen LogP contribution in [0, 0.1) is 6.92 Å². The molecule has 0 aliphatic carbocycles. The van der Waals surface area contributed by atoms with Gasteiger partial charge in [-0.2, -0.15) is 0 Å². The van der Waals surface area contributed by atoms with Gasteiger partial charge in [0.15, 0.2) is 11.0 Å². The van der Waals surface area contributed by atoms with Crippen molar-refractivity contribution in [3.63, 3.8) is 0 Å². The van der Waals surface area contributed by atoms with Crippen molar-refractivity contribution in [1.29, 1.82) is 0 Å². The number of anilines is 1. The first-order valence-electron chi connectivity index (χ1n) is 7.21. The predicted molar refractivity (Wildman–Crippen MR) is 95.0 cm³/mol. The predicted octanol–water partition coefficient (Wildman–Crippen LogP) is 3.69. The second kappa shape index (κ2) is 6.64. The number of amides is 1. The molecular weight excluding hydrogens is 330 g/mol. The number of aromatic nitrogens is 2. The third kappa shape index (κ3) is 3.35. The molecule has 0 aliphatic rings. The highest BCUT2D eigenvalue weighted by atomic mass is 35.5. The van der Waals surface area contributed by atoms with Gasteiger partial charge in [0.2, 0.25) is 5.91 Å². The highest BCUT2D eigenvalue weighted by molar-refractivity contribution is 7.99. The molecule has 1 amide bonds. The lowest BCUT2D eigenvalue weighted by molar-refractivity contribution is -0.683. The van der Waals surface area contributed by atoms with E-state index in [0.29, 0.717) is 10.8 Å². The lowest BCUT2D eigenvalue weighted by atomic mass is 10.2. The molecule has 0 unspecified atom stereocenters. The van der Waals surface area contributed by atoms with Crippen LogP contribution in [0.3, 0.4) is 0 Å². The summed E-state index contributed by atoms with van der Waals surface area (Å²) in [6.07, 6.45) is 0. The molecule has 2 aromatic carbocycles. The van der Waals surface area contributed by atoms with E-state index in [1.807, 2.05) is 56.4 Å². The van der Waals surface area contributed by atoms with Gasteiger partial charge in [-0.15, -0.1) is 0 Å². The summed E-state index contributed by atoms with van der Waals surface area (Å²) in [4.78, 5) is 15.5. The molecule has 3 aromatic rings. The van der Waals surface area contributed by atoms with Crippen LogP contribution in [-0.4, -0.2) is 16.6 Å². The molecule has 0 radical (unpaired) electrons. The number of hydrogen-bond acceptors (Lipinski definition) is 2. The minimum absolute atomic E-state index is 0.0565. The molecule has 4 nitrogen and oxygen atoms in total. The quantitative estimate of drug-likeness (QED) is 0.559. The van der Waals surface area contributed by atoms with Crippen LogP contribution >= 0.6 is 23.4 Å². The highest BCUT2D eigenvalue weighted by Crippen LogP contribution is 2.23. The summed E-state index contributed by atoms with van der Waals surface area (Å²) in [5, 5.41) is 4.51. The number of aryl methyl sites for hydroxylation is 1. The van der Waals surface area contributed by atoms with Gasteiger partial charge < -0.3 is 5.32 Å². The molecule has 118 valence electrons. The first kappa shape index (κ1) is 15.9. The van der Waals surface area contributed by atoms with Crippen LogP contribution in [0.2, 0.25) is 5.02 Å². The van der Waals surface area contributed by atoms with E-state index in [4.69, 9.17) is 11.6 Å². The number of carbonyl (C=O) groups excluding carboxylic acids is 1. The van der Waals surface area contributed by atoms with Gasteiger partial charge in [-0.05, 0) is 48.5 Å². The van der Waals surface area contributed by atoms with Crippen molar-refractivity contribution in [2.75, 3.05) is 11.1 Å². The molecule has 1 heterocycles. The maximum absolute atomic E-state index is 12.2. The second-order valence-electron chi connectivity index (χ2n) is 5.26. The minimum Gasteiger partial charge on any atom is -0.325 e. The van der Waals surface area contributed by atoms with Crippen LogP contribution in [0.5, 0.6) is 0 Å². The number of benzene rings is 2. The lowest BCUT2D eigenvalue weighted by Crippen LogP contribution is -2.29. The standard InChI is InChI=1S/C17H16ClN3OS/c1-11-12(18)6-5-8-13(11)19-16(22)10-23-17-20-14-7-3-4-9-15(14)21(17)2/h3-9H,10H2,1-2H3,(H,19,22)/p+1. The van der Waals surface area contributed by atoms with Gasteiger partial charge in [-0.25, -0.2) is 9.55 Å². The molecule has 1 aromatic heterocycles. The number of thioether (sulfide) groups is 1. The molecule has 0 atom stereocenters. The second-order valence-corrected chi connectivity index (χ2v) is 6.63. The molecule has 0 fully saturated rings. The van der Waals surface area contributed by atoms with Crippen molar-refractivity contribution in [3.8, 4) is 0 Å². The Morgan fingerprint density at radius 1 is 1.26 bits per heavy atom. The van der Waals surface area contributed by atoms with E-state index in [2.05, 4.69) is 14.9 Å². The number of aromatic amines is 1. The van der Waals surface area contributed by atoms with Gasteiger partial charge in [0.25, 0.3) is 0 Å². The third-order valence-corrected chi connectivity index (χ3v) is 5.16. The Labute approximate surface area is 143 Å². The Kier molecular flexibility index (Phi) is 4.59. The number of nitrogens with zero attached hydrogens (tertiary/aromatic N) is 1. The van der Waals surface area contributed by atoms with Gasteiger partial charge in [-0.3, -0.25) is 4.79 Å². The first-order valence-corrected chi connectivity index (χ1v) is 8.57. The van der Waals surface area contributed by atoms with Crippen LogP contribution in [-0.2, 0) is 11.8 Å². The smallest absolute Gasteiger partial charge is 0.317 e. The maximum Gasteiger partial charge on any atom is 0.317 e. The number of rotatable bonds is 4. The van der Waals surface area contributed by atoms with E-state index in [-0.39, 0.29) is 5.91 Å². The van der Waals surface area contributed by atoms with Crippen LogP contribution in [0.4, 0.5) is 5.69 Å². The molecule has 6 heteroatoms. The number of fused-ring (bicyclic) bond motifs is 1. The molecule has 0 saturated heterocycles. The van der Waals surface area contributed by atoms with E-state index in [1.165, 1.54) is 11.8 Å². The van der Waals surface area contributed by atoms with Crippen molar-refractivity contribution in [2.24, 2.45) is 7.05 Å². The molecule has 0 bridgehead atoms. The Bertz CT molecular complexity index is 875. The molecule has 0 saturated carbocycles. The Balaban J connectivity index is 1.68. The van der Waals surface area contributed by atoms with Crippen molar-refractivity contribution in [1.82, 2.24) is 4.98 Å². The van der Waals surface area contributed by atoms with Gasteiger partial charge in [0.05, 0.1) is 12.8 Å². The molecule has 2 N–H and O–H groups in total. The zero-order chi connectivity index (χ0) is 16.4. The number of H-pyrrole nitrogens is 1. The molecule has 0 aliphatic heterocycles. The highest BCUT2D eigenvalue weighted by Gasteiger charge is 2.17. The summed E-state index contributed by atoms with van der Waals surface area (Å²) in [5.74, 6) is 0.270. The summed E-state index contributed by atoms with van der Waals surface area (Å²) in [5.41, 5.74) is 3.80. The van der Waals surface area contributed by atoms with Crippen LogP contribution in [0.25, 0.3) is 11.0 Å². The maximum atomic E-state index is 12.2. The fraction of sp³-hybridized carbons (Fsp3) is 0.176. The van der Waals surface area contributed by atoms with Crippen molar-refractivity contribution in [3.05, 3.63) is 53.1 Å². The third-order valence-electron chi connectivity index (χ3n) is 3.69. The number of para-hydroxylation sites is 2. The Morgan fingerprint density at radius 3 is 2.83 bits per heavy atom. The zero-order valence-corrected chi connectivity index (χ0v) is 14.5. The number of carbonyl (C=O) groups is 1. The van der Waals surface area contributed by atoms with Crippen molar-refractivity contribution in [2.45, 2.75) is 12.1 Å². The number of hydrogen-bond donors (Lipinski definition) is 2. The van der Waals surface area contributed by atoms with Gasteiger partial charge in [0.1, 0.15) is 0 Å². The van der Waals surface area contributed by atoms with E-state index in [0.717, 1.165) is 27.4 Å².